The van der Waals surface area contributed by atoms with E-state index in [0.29, 0.717) is 16.8 Å². The average Bonchev–Trinajstić information content (AvgIpc) is 3.54. The fourth-order valence-corrected chi connectivity index (χ4v) is 7.72. The van der Waals surface area contributed by atoms with Gasteiger partial charge >= 0.3 is 0 Å². The molecule has 3 saturated heterocycles. The maximum Gasteiger partial charge on any atom is 0.242 e. The van der Waals surface area contributed by atoms with Crippen LogP contribution in [-0.4, -0.2) is 112 Å². The van der Waals surface area contributed by atoms with E-state index in [1.165, 1.54) is 18.2 Å². The summed E-state index contributed by atoms with van der Waals surface area (Å²) in [7, 11) is 0. The smallest absolute Gasteiger partial charge is 0.242 e. The van der Waals surface area contributed by atoms with Crippen LogP contribution in [0.25, 0.3) is 0 Å². The highest BCUT2D eigenvalue weighted by atomic mass is 16.7. The molecule has 3 aromatic carbocycles. The van der Waals surface area contributed by atoms with Crippen molar-refractivity contribution in [3.63, 3.8) is 0 Å². The Hall–Kier alpha value is -4.49. The number of ether oxygens (including phenoxy) is 3. The first-order chi connectivity index (χ1) is 24.6. The number of fused-ring (bicyclic) bond motifs is 6. The second-order valence-corrected chi connectivity index (χ2v) is 13.3. The van der Waals surface area contributed by atoms with Crippen LogP contribution in [0.4, 0.5) is 5.69 Å². The van der Waals surface area contributed by atoms with Crippen LogP contribution < -0.4 is 31.3 Å². The van der Waals surface area contributed by atoms with E-state index in [1.807, 2.05) is 29.2 Å². The lowest BCUT2D eigenvalue weighted by Gasteiger charge is -2.40. The maximum absolute atomic E-state index is 14.1. The number of phenolic OH excluding ortho intramolecular Hbond substituents is 1. The molecule has 0 radical (unpaired) electrons. The van der Waals surface area contributed by atoms with E-state index in [1.54, 1.807) is 6.07 Å². The van der Waals surface area contributed by atoms with Crippen molar-refractivity contribution in [1.29, 1.82) is 0 Å². The quantitative estimate of drug-likeness (QED) is 0.117. The van der Waals surface area contributed by atoms with Crippen molar-refractivity contribution < 1.29 is 54.1 Å². The lowest BCUT2D eigenvalue weighted by atomic mass is 9.78. The number of nitrogens with zero attached hydrogens (tertiary/aromatic N) is 1. The summed E-state index contributed by atoms with van der Waals surface area (Å²) in [6.45, 7) is -0.215. The summed E-state index contributed by atoms with van der Waals surface area (Å²) in [5.74, 6) is -3.16. The van der Waals surface area contributed by atoms with Gasteiger partial charge in [-0.1, -0.05) is 24.3 Å². The Labute approximate surface area is 290 Å². The molecule has 3 fully saturated rings. The van der Waals surface area contributed by atoms with Crippen molar-refractivity contribution in [2.45, 2.75) is 68.1 Å². The van der Waals surface area contributed by atoms with E-state index < -0.39 is 72.4 Å². The third-order valence-electron chi connectivity index (χ3n) is 10.3. The van der Waals surface area contributed by atoms with E-state index in [2.05, 4.69) is 16.0 Å². The van der Waals surface area contributed by atoms with E-state index in [9.17, 15) is 39.9 Å². The zero-order valence-corrected chi connectivity index (χ0v) is 27.1. The number of benzene rings is 3. The third-order valence-corrected chi connectivity index (χ3v) is 10.3. The van der Waals surface area contributed by atoms with Gasteiger partial charge in [0.25, 0.3) is 0 Å². The molecule has 4 heterocycles. The van der Waals surface area contributed by atoms with E-state index >= 15 is 0 Å². The summed E-state index contributed by atoms with van der Waals surface area (Å²) in [6, 6.07) is 12.6. The number of rotatable bonds is 3. The minimum absolute atomic E-state index is 0.00728. The Kier molecular flexibility index (Phi) is 8.53. The number of carbonyl (C=O) groups is 3. The predicted molar refractivity (Wildman–Crippen MR) is 176 cm³/mol. The molecule has 8 rings (SSSR count). The first kappa shape index (κ1) is 33.6. The van der Waals surface area contributed by atoms with Gasteiger partial charge in [0.2, 0.25) is 12.2 Å². The Morgan fingerprint density at radius 1 is 0.922 bits per heavy atom. The monoisotopic (exact) mass is 703 g/mol. The Bertz CT molecular complexity index is 1920. The minimum Gasteiger partial charge on any atom is -0.504 e. The molecule has 1 amide bonds. The van der Waals surface area contributed by atoms with Crippen LogP contribution in [0.15, 0.2) is 48.5 Å². The fraction of sp³-hybridized carbons (Fsp3) is 0.400. The zero-order valence-electron chi connectivity index (χ0n) is 27.1. The predicted octanol–water partition coefficient (Wildman–Crippen LogP) is -1.58. The lowest BCUT2D eigenvalue weighted by molar-refractivity contribution is -0.279. The SMILES string of the molecule is NC1NC(=O)C2NCN(c3ccccc3C3CCOCC4OC(Oc5c3cc3c(c5O)C(=O)c5cc(CO)ccc5C3=O)C(O)C(O)C4O)C2N1. The van der Waals surface area contributed by atoms with Gasteiger partial charge < -0.3 is 50.0 Å². The molecule has 16 nitrogen and oxygen atoms in total. The van der Waals surface area contributed by atoms with Crippen LogP contribution in [0, 0.1) is 0 Å². The van der Waals surface area contributed by atoms with Crippen molar-refractivity contribution in [2.75, 3.05) is 24.8 Å². The van der Waals surface area contributed by atoms with Crippen LogP contribution in [0.3, 0.4) is 0 Å². The Balaban J connectivity index is 1.31. The molecule has 4 aliphatic heterocycles. The molecular weight excluding hydrogens is 666 g/mol. The van der Waals surface area contributed by atoms with Gasteiger partial charge in [0.15, 0.2) is 23.1 Å². The number of amides is 1. The number of aliphatic hydroxyl groups is 4. The second kappa shape index (κ2) is 12.9. The minimum atomic E-state index is -1.78. The number of nitrogens with one attached hydrogen (secondary N) is 3. The molecule has 51 heavy (non-hydrogen) atoms. The highest BCUT2D eigenvalue weighted by molar-refractivity contribution is 6.29. The number of anilines is 1. The molecule has 16 heteroatoms. The fourth-order valence-electron chi connectivity index (χ4n) is 7.72. The van der Waals surface area contributed by atoms with E-state index in [0.717, 1.165) is 0 Å². The molecule has 0 saturated carbocycles. The van der Waals surface area contributed by atoms with E-state index in [4.69, 9.17) is 19.9 Å². The zero-order chi connectivity index (χ0) is 35.7. The molecular formula is C35H37N5O11. The number of hydrogen-bond acceptors (Lipinski definition) is 15. The van der Waals surface area contributed by atoms with E-state index in [-0.39, 0.29) is 72.4 Å². The number of nitrogens with two attached hydrogens (primary N) is 1. The summed E-state index contributed by atoms with van der Waals surface area (Å²) >= 11 is 0. The van der Waals surface area contributed by atoms with Gasteiger partial charge in [0, 0.05) is 40.5 Å². The van der Waals surface area contributed by atoms with Gasteiger partial charge in [-0.15, -0.1) is 0 Å². The summed E-state index contributed by atoms with van der Waals surface area (Å²) in [6.07, 6.45) is -8.86. The van der Waals surface area contributed by atoms with Crippen LogP contribution >= 0.6 is 0 Å². The van der Waals surface area contributed by atoms with Crippen molar-refractivity contribution in [1.82, 2.24) is 16.0 Å². The summed E-state index contributed by atoms with van der Waals surface area (Å²) in [5, 5.41) is 63.2. The number of ketones is 2. The second-order valence-electron chi connectivity index (χ2n) is 13.3. The molecule has 1 aliphatic carbocycles. The summed E-state index contributed by atoms with van der Waals surface area (Å²) in [4.78, 5) is 42.8. The van der Waals surface area contributed by atoms with Crippen molar-refractivity contribution in [2.24, 2.45) is 5.73 Å². The van der Waals surface area contributed by atoms with Gasteiger partial charge in [-0.25, -0.2) is 0 Å². The molecule has 0 spiro atoms. The Morgan fingerprint density at radius 3 is 2.53 bits per heavy atom. The van der Waals surface area contributed by atoms with Gasteiger partial charge in [-0.2, -0.15) is 0 Å². The molecule has 10 N–H and O–H groups in total. The van der Waals surface area contributed by atoms with Crippen LogP contribution in [0.2, 0.25) is 0 Å². The van der Waals surface area contributed by atoms with Crippen LogP contribution in [0.5, 0.6) is 11.5 Å². The molecule has 9 unspecified atom stereocenters. The van der Waals surface area contributed by atoms with Crippen molar-refractivity contribution in [3.8, 4) is 11.5 Å². The lowest BCUT2D eigenvalue weighted by Crippen LogP contribution is -2.70. The third kappa shape index (κ3) is 5.47. The normalized spacial score (nSPS) is 31.7. The molecule has 2 bridgehead atoms. The van der Waals surface area contributed by atoms with Gasteiger partial charge in [0.05, 0.1) is 25.4 Å². The van der Waals surface area contributed by atoms with Crippen molar-refractivity contribution in [3.05, 3.63) is 87.5 Å². The highest BCUT2D eigenvalue weighted by Gasteiger charge is 2.48. The number of carbonyl (C=O) groups excluding carboxylic acids is 3. The van der Waals surface area contributed by atoms with Crippen molar-refractivity contribution >= 4 is 23.2 Å². The number of aromatic hydroxyl groups is 1. The van der Waals surface area contributed by atoms with Crippen LogP contribution in [0.1, 0.15) is 60.9 Å². The summed E-state index contributed by atoms with van der Waals surface area (Å²) in [5.41, 5.74) is 7.76. The maximum atomic E-state index is 14.1. The number of para-hydroxylation sites is 1. The summed E-state index contributed by atoms with van der Waals surface area (Å²) < 4.78 is 18.0. The average molecular weight is 704 g/mol. The van der Waals surface area contributed by atoms with Crippen LogP contribution in [-0.2, 0) is 20.9 Å². The highest BCUT2D eigenvalue weighted by Crippen LogP contribution is 2.49. The molecule has 268 valence electrons. The first-order valence-corrected chi connectivity index (χ1v) is 16.7. The van der Waals surface area contributed by atoms with Gasteiger partial charge in [-0.3, -0.25) is 30.8 Å². The molecule has 0 aromatic heterocycles. The topological polar surface area (TPSA) is 245 Å². The standard InChI is InChI=1S/C35H37N5O11/c36-35-38-32-24(33(48)39-35)37-13-40(32)21-4-2-1-3-16(21)15-7-8-49-12-22-27(44)29(46)30(47)34(50-22)51-31-19(15)10-20-23(28(31)45)26(43)18-9-14(11-41)5-6-17(18)25(20)42/h1-6,9-10,15,22,24,27,29-30,32,34-35,37-38,41,44-47H,7-8,11-13,36H2,(H,39,48). The largest absolute Gasteiger partial charge is 0.504 e. The number of hydrogen-bond donors (Lipinski definition) is 9. The first-order valence-electron chi connectivity index (χ1n) is 16.7. The number of aliphatic hydroxyl groups excluding tert-OH is 4. The van der Waals surface area contributed by atoms with Gasteiger partial charge in [-0.05, 0) is 41.8 Å². The number of phenols is 1. The molecule has 5 aliphatic rings. The Morgan fingerprint density at radius 2 is 1.73 bits per heavy atom. The molecule has 9 atom stereocenters. The van der Waals surface area contributed by atoms with Gasteiger partial charge in [0.1, 0.15) is 42.9 Å². The molecule has 3 aromatic rings.